The van der Waals surface area contributed by atoms with Gasteiger partial charge in [-0.05, 0) is 40.0 Å². The maximum Gasteiger partial charge on any atom is 0.136 e. The molecule has 0 radical (unpaired) electrons. The fourth-order valence-electron chi connectivity index (χ4n) is 2.23. The van der Waals surface area contributed by atoms with Crippen molar-refractivity contribution < 1.29 is 4.74 Å². The Kier molecular flexibility index (Phi) is 5.79. The summed E-state index contributed by atoms with van der Waals surface area (Å²) in [5, 5.41) is 6.84. The molecule has 1 aliphatic carbocycles. The lowest BCUT2D eigenvalue weighted by molar-refractivity contribution is 0.0854. The van der Waals surface area contributed by atoms with E-state index in [-0.39, 0.29) is 6.10 Å². The first kappa shape index (κ1) is 16.0. The van der Waals surface area contributed by atoms with Crippen molar-refractivity contribution in [3.05, 3.63) is 11.4 Å². The van der Waals surface area contributed by atoms with Gasteiger partial charge in [-0.3, -0.25) is 0 Å². The summed E-state index contributed by atoms with van der Waals surface area (Å²) in [6, 6.07) is 0. The van der Waals surface area contributed by atoms with Crippen molar-refractivity contribution in [2.45, 2.75) is 59.0 Å². The Morgan fingerprint density at radius 1 is 1.19 bits per heavy atom. The second-order valence-corrected chi connectivity index (χ2v) is 5.75. The van der Waals surface area contributed by atoms with E-state index in [4.69, 9.17) is 14.7 Å². The van der Waals surface area contributed by atoms with Gasteiger partial charge in [0.05, 0.1) is 6.10 Å². The van der Waals surface area contributed by atoms with E-state index >= 15 is 0 Å². The van der Waals surface area contributed by atoms with Crippen molar-refractivity contribution in [1.29, 1.82) is 0 Å². The van der Waals surface area contributed by atoms with Crippen LogP contribution >= 0.6 is 0 Å². The molecule has 1 aliphatic rings. The lowest BCUT2D eigenvalue weighted by Crippen LogP contribution is -2.21. The van der Waals surface area contributed by atoms with Crippen LogP contribution in [-0.2, 0) is 4.74 Å². The van der Waals surface area contributed by atoms with Gasteiger partial charge in [0, 0.05) is 31.2 Å². The average Bonchev–Trinajstić information content (AvgIpc) is 3.30. The van der Waals surface area contributed by atoms with Crippen LogP contribution in [0.3, 0.4) is 0 Å². The van der Waals surface area contributed by atoms with Gasteiger partial charge >= 0.3 is 0 Å². The summed E-state index contributed by atoms with van der Waals surface area (Å²) >= 11 is 0. The van der Waals surface area contributed by atoms with E-state index in [2.05, 4.69) is 31.4 Å². The third-order valence-corrected chi connectivity index (χ3v) is 3.66. The molecule has 0 saturated heterocycles. The zero-order valence-electron chi connectivity index (χ0n) is 13.7. The van der Waals surface area contributed by atoms with Gasteiger partial charge in [-0.15, -0.1) is 0 Å². The number of hydrogen-bond acceptors (Lipinski definition) is 5. The highest BCUT2D eigenvalue weighted by Gasteiger charge is 2.28. The molecule has 0 spiro atoms. The lowest BCUT2D eigenvalue weighted by atomic mass is 10.2. The van der Waals surface area contributed by atoms with E-state index in [0.717, 1.165) is 49.1 Å². The van der Waals surface area contributed by atoms with E-state index in [1.54, 1.807) is 0 Å². The summed E-state index contributed by atoms with van der Waals surface area (Å²) in [6.45, 7) is 10.8. The molecule has 1 aromatic heterocycles. The minimum atomic E-state index is 0.181. The number of anilines is 2. The van der Waals surface area contributed by atoms with Gasteiger partial charge in [0.15, 0.2) is 0 Å². The zero-order chi connectivity index (χ0) is 15.2. The van der Waals surface area contributed by atoms with Crippen LogP contribution in [-0.4, -0.2) is 35.8 Å². The first-order chi connectivity index (χ1) is 10.2. The fourth-order valence-corrected chi connectivity index (χ4v) is 2.23. The van der Waals surface area contributed by atoms with Crippen LogP contribution in [0.5, 0.6) is 0 Å². The van der Waals surface area contributed by atoms with Crippen LogP contribution < -0.4 is 10.6 Å². The summed E-state index contributed by atoms with van der Waals surface area (Å²) in [6.07, 6.45) is 3.70. The van der Waals surface area contributed by atoms with Crippen LogP contribution in [0.1, 0.15) is 57.3 Å². The van der Waals surface area contributed by atoms with Gasteiger partial charge in [-0.1, -0.05) is 6.92 Å². The third kappa shape index (κ3) is 4.56. The van der Waals surface area contributed by atoms with Crippen molar-refractivity contribution in [3.8, 4) is 0 Å². The number of ether oxygens (including phenoxy) is 1. The Balaban J connectivity index is 2.11. The summed E-state index contributed by atoms with van der Waals surface area (Å²) in [4.78, 5) is 9.42. The third-order valence-electron chi connectivity index (χ3n) is 3.66. The Hall–Kier alpha value is -1.36. The molecule has 0 aromatic carbocycles. The predicted octanol–water partition coefficient (Wildman–Crippen LogP) is 3.32. The van der Waals surface area contributed by atoms with Crippen molar-refractivity contribution in [3.63, 3.8) is 0 Å². The minimum Gasteiger partial charge on any atom is -0.377 e. The van der Waals surface area contributed by atoms with Gasteiger partial charge < -0.3 is 15.4 Å². The maximum atomic E-state index is 5.57. The number of rotatable bonds is 9. The normalized spacial score (nSPS) is 15.8. The molecule has 1 atom stereocenters. The summed E-state index contributed by atoms with van der Waals surface area (Å²) < 4.78 is 5.57. The number of hydrogen-bond donors (Lipinski definition) is 2. The Morgan fingerprint density at radius 3 is 2.43 bits per heavy atom. The molecule has 1 fully saturated rings. The molecule has 1 saturated carbocycles. The molecule has 5 nitrogen and oxygen atoms in total. The largest absolute Gasteiger partial charge is 0.377 e. The Labute approximate surface area is 127 Å². The standard InChI is InChI=1S/C16H28N4O/c1-5-9-17-14-12(4)15(18-10-11(3)21-6-2)20-16(19-14)13-7-8-13/h11,13H,5-10H2,1-4H3,(H2,17,18,19,20). The SMILES string of the molecule is CCCNc1nc(C2CC2)nc(NCC(C)OCC)c1C. The molecule has 1 unspecified atom stereocenters. The number of nitrogens with one attached hydrogen (secondary N) is 2. The first-order valence-corrected chi connectivity index (χ1v) is 8.13. The molecule has 1 aromatic rings. The zero-order valence-corrected chi connectivity index (χ0v) is 13.7. The minimum absolute atomic E-state index is 0.181. The molecule has 0 bridgehead atoms. The monoisotopic (exact) mass is 292 g/mol. The summed E-state index contributed by atoms with van der Waals surface area (Å²) in [5.74, 6) is 3.45. The van der Waals surface area contributed by atoms with Crippen molar-refractivity contribution >= 4 is 11.6 Å². The highest BCUT2D eigenvalue weighted by molar-refractivity contribution is 5.57. The molecular formula is C16H28N4O. The Morgan fingerprint density at radius 2 is 1.86 bits per heavy atom. The van der Waals surface area contributed by atoms with E-state index < -0.39 is 0 Å². The van der Waals surface area contributed by atoms with Crippen LogP contribution in [0.2, 0.25) is 0 Å². The predicted molar refractivity (Wildman–Crippen MR) is 87.1 cm³/mol. The molecule has 21 heavy (non-hydrogen) atoms. The van der Waals surface area contributed by atoms with Gasteiger partial charge in [0.2, 0.25) is 0 Å². The molecule has 1 heterocycles. The van der Waals surface area contributed by atoms with Gasteiger partial charge in [0.1, 0.15) is 17.5 Å². The second-order valence-electron chi connectivity index (χ2n) is 5.75. The van der Waals surface area contributed by atoms with E-state index in [1.165, 1.54) is 12.8 Å². The number of aromatic nitrogens is 2. The summed E-state index contributed by atoms with van der Waals surface area (Å²) in [5.41, 5.74) is 1.09. The maximum absolute atomic E-state index is 5.57. The Bertz CT molecular complexity index is 460. The van der Waals surface area contributed by atoms with Crippen LogP contribution in [0, 0.1) is 6.92 Å². The molecular weight excluding hydrogens is 264 g/mol. The van der Waals surface area contributed by atoms with Gasteiger partial charge in [-0.2, -0.15) is 0 Å². The smallest absolute Gasteiger partial charge is 0.136 e. The van der Waals surface area contributed by atoms with Crippen molar-refractivity contribution in [2.24, 2.45) is 0 Å². The van der Waals surface area contributed by atoms with Crippen molar-refractivity contribution in [1.82, 2.24) is 9.97 Å². The average molecular weight is 292 g/mol. The summed E-state index contributed by atoms with van der Waals surface area (Å²) in [7, 11) is 0. The van der Waals surface area contributed by atoms with Crippen LogP contribution in [0.25, 0.3) is 0 Å². The van der Waals surface area contributed by atoms with Crippen LogP contribution in [0.4, 0.5) is 11.6 Å². The number of nitrogens with zero attached hydrogens (tertiary/aromatic N) is 2. The highest BCUT2D eigenvalue weighted by Crippen LogP contribution is 2.39. The molecule has 118 valence electrons. The van der Waals surface area contributed by atoms with E-state index in [9.17, 15) is 0 Å². The fraction of sp³-hybridized carbons (Fsp3) is 0.750. The lowest BCUT2D eigenvalue weighted by Gasteiger charge is -2.17. The van der Waals surface area contributed by atoms with E-state index in [1.807, 2.05) is 6.92 Å². The first-order valence-electron chi connectivity index (χ1n) is 8.13. The van der Waals surface area contributed by atoms with Crippen LogP contribution in [0.15, 0.2) is 0 Å². The van der Waals surface area contributed by atoms with Gasteiger partial charge in [0.25, 0.3) is 0 Å². The van der Waals surface area contributed by atoms with E-state index in [0.29, 0.717) is 5.92 Å². The molecule has 5 heteroatoms. The topological polar surface area (TPSA) is 59.1 Å². The molecule has 0 amide bonds. The van der Waals surface area contributed by atoms with Gasteiger partial charge in [-0.25, -0.2) is 9.97 Å². The highest BCUT2D eigenvalue weighted by atomic mass is 16.5. The second kappa shape index (κ2) is 7.59. The molecule has 2 rings (SSSR count). The molecule has 0 aliphatic heterocycles. The van der Waals surface area contributed by atoms with Crippen molar-refractivity contribution in [2.75, 3.05) is 30.3 Å². The quantitative estimate of drug-likeness (QED) is 0.731. The molecule has 2 N–H and O–H groups in total.